The van der Waals surface area contributed by atoms with E-state index in [0.29, 0.717) is 63.4 Å². The molecule has 2 aromatic carbocycles. The Labute approximate surface area is 207 Å². The lowest BCUT2D eigenvalue weighted by molar-refractivity contribution is 0.301. The molecular formula is C27H26FN5O3. The van der Waals surface area contributed by atoms with Gasteiger partial charge in [0.25, 0.3) is 5.56 Å². The molecule has 0 atom stereocenters. The number of hydrogen-bond donors (Lipinski definition) is 1. The van der Waals surface area contributed by atoms with Gasteiger partial charge in [-0.1, -0.05) is 6.92 Å². The van der Waals surface area contributed by atoms with Gasteiger partial charge >= 0.3 is 0 Å². The molecule has 0 unspecified atom stereocenters. The summed E-state index contributed by atoms with van der Waals surface area (Å²) in [5.41, 5.74) is 2.72. The number of fused-ring (bicyclic) bond motifs is 1. The van der Waals surface area contributed by atoms with Gasteiger partial charge in [-0.3, -0.25) is 9.48 Å². The van der Waals surface area contributed by atoms with Crippen LogP contribution in [0.2, 0.25) is 0 Å². The van der Waals surface area contributed by atoms with Crippen molar-refractivity contribution in [2.24, 2.45) is 7.05 Å². The minimum atomic E-state index is -0.502. The molecule has 1 aliphatic carbocycles. The normalized spacial score (nSPS) is 13.1. The summed E-state index contributed by atoms with van der Waals surface area (Å²) in [7, 11) is 1.71. The maximum atomic E-state index is 15.7. The number of benzene rings is 2. The van der Waals surface area contributed by atoms with Crippen molar-refractivity contribution >= 4 is 10.8 Å². The van der Waals surface area contributed by atoms with Crippen LogP contribution in [0.1, 0.15) is 43.5 Å². The first-order valence-electron chi connectivity index (χ1n) is 12.0. The second-order valence-electron chi connectivity index (χ2n) is 8.90. The van der Waals surface area contributed by atoms with E-state index in [1.54, 1.807) is 37.0 Å². The second kappa shape index (κ2) is 9.11. The van der Waals surface area contributed by atoms with Crippen molar-refractivity contribution in [2.45, 2.75) is 46.1 Å². The van der Waals surface area contributed by atoms with Crippen molar-refractivity contribution in [1.29, 1.82) is 5.26 Å². The van der Waals surface area contributed by atoms with Gasteiger partial charge in [-0.15, -0.1) is 0 Å². The molecule has 1 N–H and O–H groups in total. The van der Waals surface area contributed by atoms with Crippen LogP contribution < -0.4 is 15.0 Å². The molecule has 1 fully saturated rings. The number of nitrogens with zero attached hydrogens (tertiary/aromatic N) is 4. The highest BCUT2D eigenvalue weighted by molar-refractivity contribution is 5.96. The smallest absolute Gasteiger partial charge is 0.275 e. The molecule has 4 aromatic rings. The lowest BCUT2D eigenvalue weighted by Crippen LogP contribution is -2.12. The maximum absolute atomic E-state index is 15.7. The zero-order chi connectivity index (χ0) is 25.6. The van der Waals surface area contributed by atoms with Gasteiger partial charge in [0, 0.05) is 18.0 Å². The summed E-state index contributed by atoms with van der Waals surface area (Å²) in [4.78, 5) is 12.7. The standard InChI is InChI=1S/C27H26FN5O3/c1-5-20-17-10-15(11-22(35-6-2)23(17)27(34)32-31-20)19-13-30-33(4)26(19)24-18(12-29)21(36-16-7-8-16)9-14(3)25(24)28/h9-11,13,16H,5-8H2,1-4H3,(H,32,34). The SMILES string of the molecule is CCOc1cc(-c2cnn(C)c2-c2c(F)c(C)cc(OC3CC3)c2C#N)cc2c(CC)n[nH]c(=O)c12. The molecule has 5 rings (SSSR count). The fraction of sp³-hybridized carbons (Fsp3) is 0.333. The van der Waals surface area contributed by atoms with Crippen molar-refractivity contribution in [3.8, 4) is 40.0 Å². The minimum Gasteiger partial charge on any atom is -0.493 e. The molecule has 0 saturated heterocycles. The van der Waals surface area contributed by atoms with E-state index in [0.717, 1.165) is 12.8 Å². The number of aromatic amines is 1. The average molecular weight is 488 g/mol. The number of aryl methyl sites for hydroxylation is 3. The van der Waals surface area contributed by atoms with Crippen LogP contribution in [0.25, 0.3) is 33.2 Å². The van der Waals surface area contributed by atoms with Crippen LogP contribution in [0.3, 0.4) is 0 Å². The van der Waals surface area contributed by atoms with Crippen molar-refractivity contribution in [1.82, 2.24) is 20.0 Å². The summed E-state index contributed by atoms with van der Waals surface area (Å²) in [5, 5.41) is 22.3. The molecule has 0 radical (unpaired) electrons. The Morgan fingerprint density at radius 3 is 2.69 bits per heavy atom. The quantitative estimate of drug-likeness (QED) is 0.401. The zero-order valence-electron chi connectivity index (χ0n) is 20.6. The lowest BCUT2D eigenvalue weighted by atomic mass is 9.93. The van der Waals surface area contributed by atoms with E-state index in [1.807, 2.05) is 19.9 Å². The van der Waals surface area contributed by atoms with Crippen LogP contribution >= 0.6 is 0 Å². The van der Waals surface area contributed by atoms with Crippen LogP contribution in [-0.4, -0.2) is 32.7 Å². The van der Waals surface area contributed by atoms with E-state index in [2.05, 4.69) is 21.4 Å². The fourth-order valence-corrected chi connectivity index (χ4v) is 4.51. The van der Waals surface area contributed by atoms with E-state index in [1.165, 1.54) is 0 Å². The highest BCUT2D eigenvalue weighted by Crippen LogP contribution is 2.42. The fourth-order valence-electron chi connectivity index (χ4n) is 4.51. The number of hydrogen-bond acceptors (Lipinski definition) is 6. The first kappa shape index (κ1) is 23.5. The number of halogens is 1. The molecule has 0 bridgehead atoms. The maximum Gasteiger partial charge on any atom is 0.275 e. The van der Waals surface area contributed by atoms with Gasteiger partial charge in [-0.05, 0) is 62.4 Å². The van der Waals surface area contributed by atoms with Crippen LogP contribution in [0.5, 0.6) is 11.5 Å². The number of H-pyrrole nitrogens is 1. The third kappa shape index (κ3) is 3.88. The summed E-state index contributed by atoms with van der Waals surface area (Å²) in [6.07, 6.45) is 4.10. The first-order valence-corrected chi connectivity index (χ1v) is 12.0. The van der Waals surface area contributed by atoms with E-state index in [9.17, 15) is 10.1 Å². The molecule has 1 saturated carbocycles. The van der Waals surface area contributed by atoms with Crippen molar-refractivity contribution in [3.63, 3.8) is 0 Å². The summed E-state index contributed by atoms with van der Waals surface area (Å²) in [6.45, 7) is 5.80. The van der Waals surface area contributed by atoms with Gasteiger partial charge in [-0.2, -0.15) is 15.5 Å². The molecule has 1 aliphatic rings. The number of rotatable bonds is 7. The average Bonchev–Trinajstić information content (AvgIpc) is 3.60. The highest BCUT2D eigenvalue weighted by Gasteiger charge is 2.29. The largest absolute Gasteiger partial charge is 0.493 e. The van der Waals surface area contributed by atoms with Gasteiger partial charge in [0.05, 0.1) is 41.2 Å². The number of nitriles is 1. The monoisotopic (exact) mass is 487 g/mol. The lowest BCUT2D eigenvalue weighted by Gasteiger charge is -2.16. The predicted molar refractivity (Wildman–Crippen MR) is 134 cm³/mol. The summed E-state index contributed by atoms with van der Waals surface area (Å²) >= 11 is 0. The first-order chi connectivity index (χ1) is 17.4. The molecule has 2 aromatic heterocycles. The van der Waals surface area contributed by atoms with Crippen LogP contribution in [-0.2, 0) is 13.5 Å². The highest BCUT2D eigenvalue weighted by atomic mass is 19.1. The van der Waals surface area contributed by atoms with Gasteiger partial charge in [0.1, 0.15) is 28.9 Å². The summed E-state index contributed by atoms with van der Waals surface area (Å²) < 4.78 is 29.1. The molecule has 0 aliphatic heterocycles. The van der Waals surface area contributed by atoms with Gasteiger partial charge < -0.3 is 9.47 Å². The number of nitrogens with one attached hydrogen (secondary N) is 1. The van der Waals surface area contributed by atoms with Crippen LogP contribution in [0, 0.1) is 24.1 Å². The summed E-state index contributed by atoms with van der Waals surface area (Å²) in [6, 6.07) is 7.34. The molecule has 9 heteroatoms. The second-order valence-corrected chi connectivity index (χ2v) is 8.90. The van der Waals surface area contributed by atoms with E-state index >= 15 is 4.39 Å². The Kier molecular flexibility index (Phi) is 5.96. The molecule has 36 heavy (non-hydrogen) atoms. The van der Waals surface area contributed by atoms with Crippen molar-refractivity contribution in [3.05, 3.63) is 57.4 Å². The van der Waals surface area contributed by atoms with E-state index < -0.39 is 5.82 Å². The Bertz CT molecular complexity index is 1590. The predicted octanol–water partition coefficient (Wildman–Crippen LogP) is 4.81. The van der Waals surface area contributed by atoms with Gasteiger partial charge in [-0.25, -0.2) is 9.49 Å². The molecule has 2 heterocycles. The minimum absolute atomic E-state index is 0.0492. The third-order valence-electron chi connectivity index (χ3n) is 6.39. The zero-order valence-corrected chi connectivity index (χ0v) is 20.6. The van der Waals surface area contributed by atoms with Gasteiger partial charge in [0.2, 0.25) is 0 Å². The Morgan fingerprint density at radius 2 is 2.03 bits per heavy atom. The molecule has 8 nitrogen and oxygen atoms in total. The van der Waals surface area contributed by atoms with Crippen molar-refractivity contribution < 1.29 is 13.9 Å². The number of aromatic nitrogens is 4. The van der Waals surface area contributed by atoms with Gasteiger partial charge in [0.15, 0.2) is 0 Å². The summed E-state index contributed by atoms with van der Waals surface area (Å²) in [5.74, 6) is 0.275. The Hall–Kier alpha value is -4.19. The third-order valence-corrected chi connectivity index (χ3v) is 6.39. The Balaban J connectivity index is 1.80. The number of ether oxygens (including phenoxy) is 2. The van der Waals surface area contributed by atoms with Crippen molar-refractivity contribution in [2.75, 3.05) is 6.61 Å². The molecule has 0 spiro atoms. The topological polar surface area (TPSA) is 106 Å². The van der Waals surface area contributed by atoms with Crippen LogP contribution in [0.15, 0.2) is 29.2 Å². The molecule has 184 valence electrons. The molecular weight excluding hydrogens is 461 g/mol. The Morgan fingerprint density at radius 1 is 1.25 bits per heavy atom. The van der Waals surface area contributed by atoms with Crippen LogP contribution in [0.4, 0.5) is 4.39 Å². The van der Waals surface area contributed by atoms with E-state index in [4.69, 9.17) is 9.47 Å². The molecule has 0 amide bonds. The van der Waals surface area contributed by atoms with E-state index in [-0.39, 0.29) is 22.8 Å².